The van der Waals surface area contributed by atoms with Crippen LogP contribution in [0, 0.1) is 5.92 Å². The van der Waals surface area contributed by atoms with Crippen LogP contribution < -0.4 is 5.32 Å². The highest BCUT2D eigenvalue weighted by atomic mass is 16.5. The Bertz CT molecular complexity index is 173. The zero-order chi connectivity index (χ0) is 8.81. The van der Waals surface area contributed by atoms with Crippen LogP contribution >= 0.6 is 0 Å². The fourth-order valence-electron chi connectivity index (χ4n) is 1.11. The lowest BCUT2D eigenvalue weighted by Crippen LogP contribution is -2.18. The van der Waals surface area contributed by atoms with Gasteiger partial charge in [0, 0.05) is 31.3 Å². The summed E-state index contributed by atoms with van der Waals surface area (Å²) in [4.78, 5) is 10.0. The first kappa shape index (κ1) is 9.06. The van der Waals surface area contributed by atoms with Gasteiger partial charge in [-0.1, -0.05) is 0 Å². The van der Waals surface area contributed by atoms with Gasteiger partial charge in [0.15, 0.2) is 0 Å². The number of carboxylic acid groups (broad SMARTS) is 1. The predicted octanol–water partition coefficient (Wildman–Crippen LogP) is 0.211. The van der Waals surface area contributed by atoms with Crippen LogP contribution in [0.3, 0.4) is 0 Å². The van der Waals surface area contributed by atoms with Crippen LogP contribution in [0.25, 0.3) is 0 Å². The minimum absolute atomic E-state index is 0.531. The highest BCUT2D eigenvalue weighted by Gasteiger charge is 2.13. The lowest BCUT2D eigenvalue weighted by Gasteiger charge is -2.05. The molecule has 12 heavy (non-hydrogen) atoms. The molecule has 0 radical (unpaired) electrons. The molecule has 1 saturated heterocycles. The molecule has 2 N–H and O–H groups in total. The van der Waals surface area contributed by atoms with Crippen LogP contribution in [0.5, 0.6) is 0 Å². The summed E-state index contributed by atoms with van der Waals surface area (Å²) in [6.07, 6.45) is 3.62. The van der Waals surface area contributed by atoms with Crippen LogP contribution in [0.1, 0.15) is 6.42 Å². The first-order chi connectivity index (χ1) is 5.79. The van der Waals surface area contributed by atoms with Crippen molar-refractivity contribution in [3.8, 4) is 0 Å². The minimum atomic E-state index is -0.926. The van der Waals surface area contributed by atoms with Crippen molar-refractivity contribution >= 4 is 5.97 Å². The second kappa shape index (κ2) is 4.77. The first-order valence-electron chi connectivity index (χ1n) is 3.99. The number of ether oxygens (including phenoxy) is 1. The molecule has 1 rings (SSSR count). The monoisotopic (exact) mass is 171 g/mol. The molecule has 0 bridgehead atoms. The number of carbonyl (C=O) groups is 1. The van der Waals surface area contributed by atoms with Crippen molar-refractivity contribution in [3.63, 3.8) is 0 Å². The van der Waals surface area contributed by atoms with Crippen molar-refractivity contribution in [3.05, 3.63) is 12.3 Å². The second-order valence-electron chi connectivity index (χ2n) is 2.81. The Morgan fingerprint density at radius 2 is 2.58 bits per heavy atom. The van der Waals surface area contributed by atoms with Crippen molar-refractivity contribution in [2.45, 2.75) is 6.42 Å². The lowest BCUT2D eigenvalue weighted by molar-refractivity contribution is -0.131. The van der Waals surface area contributed by atoms with E-state index in [2.05, 4.69) is 5.32 Å². The van der Waals surface area contributed by atoms with Crippen molar-refractivity contribution in [2.24, 2.45) is 5.92 Å². The molecule has 0 aromatic carbocycles. The number of rotatable bonds is 4. The van der Waals surface area contributed by atoms with E-state index in [0.29, 0.717) is 5.92 Å². The molecule has 0 spiro atoms. The maximum atomic E-state index is 10.0. The van der Waals surface area contributed by atoms with Gasteiger partial charge in [-0.2, -0.15) is 0 Å². The summed E-state index contributed by atoms with van der Waals surface area (Å²) in [5.74, 6) is -0.395. The van der Waals surface area contributed by atoms with E-state index in [0.717, 1.165) is 32.3 Å². The summed E-state index contributed by atoms with van der Waals surface area (Å²) in [5.41, 5.74) is 0. The Hall–Kier alpha value is -1.03. The Balaban J connectivity index is 2.05. The maximum absolute atomic E-state index is 10.0. The molecule has 1 atom stereocenters. The molecule has 1 heterocycles. The van der Waals surface area contributed by atoms with Gasteiger partial charge in [0.25, 0.3) is 0 Å². The van der Waals surface area contributed by atoms with E-state index in [1.807, 2.05) is 0 Å². The molecule has 1 aliphatic rings. The van der Waals surface area contributed by atoms with Gasteiger partial charge in [-0.05, 0) is 6.42 Å². The molecule has 0 aromatic rings. The smallest absolute Gasteiger partial charge is 0.329 e. The molecular formula is C8H13NO3. The van der Waals surface area contributed by atoms with Gasteiger partial charge in [-0.3, -0.25) is 0 Å². The Morgan fingerprint density at radius 1 is 1.75 bits per heavy atom. The predicted molar refractivity (Wildman–Crippen MR) is 43.7 cm³/mol. The van der Waals surface area contributed by atoms with Crippen LogP contribution in [0.15, 0.2) is 12.3 Å². The average Bonchev–Trinajstić information content (AvgIpc) is 2.49. The summed E-state index contributed by atoms with van der Waals surface area (Å²) < 4.78 is 5.15. The molecule has 0 amide bonds. The Morgan fingerprint density at radius 3 is 3.17 bits per heavy atom. The van der Waals surface area contributed by atoms with E-state index < -0.39 is 5.97 Å². The lowest BCUT2D eigenvalue weighted by atomic mass is 10.1. The third-order valence-electron chi connectivity index (χ3n) is 1.77. The largest absolute Gasteiger partial charge is 0.478 e. The first-order valence-corrected chi connectivity index (χ1v) is 3.99. The van der Waals surface area contributed by atoms with Crippen molar-refractivity contribution < 1.29 is 14.6 Å². The second-order valence-corrected chi connectivity index (χ2v) is 2.81. The highest BCUT2D eigenvalue weighted by molar-refractivity contribution is 5.79. The van der Waals surface area contributed by atoms with Crippen molar-refractivity contribution in [1.82, 2.24) is 5.32 Å². The fraction of sp³-hybridized carbons (Fsp3) is 0.625. The Kier molecular flexibility index (Phi) is 3.60. The average molecular weight is 171 g/mol. The van der Waals surface area contributed by atoms with Gasteiger partial charge in [0.1, 0.15) is 0 Å². The Labute approximate surface area is 71.2 Å². The van der Waals surface area contributed by atoms with Crippen molar-refractivity contribution in [2.75, 3.05) is 19.8 Å². The number of carboxylic acids is 1. The number of hydrogen-bond donors (Lipinski definition) is 2. The molecule has 4 nitrogen and oxygen atoms in total. The minimum Gasteiger partial charge on any atom is -0.478 e. The molecule has 4 heteroatoms. The molecule has 0 saturated carbocycles. The molecular weight excluding hydrogens is 158 g/mol. The summed E-state index contributed by atoms with van der Waals surface area (Å²) >= 11 is 0. The molecule has 1 fully saturated rings. The topological polar surface area (TPSA) is 58.6 Å². The third-order valence-corrected chi connectivity index (χ3v) is 1.77. The van der Waals surface area contributed by atoms with Gasteiger partial charge < -0.3 is 15.2 Å². The van der Waals surface area contributed by atoms with Crippen LogP contribution in [-0.2, 0) is 9.53 Å². The van der Waals surface area contributed by atoms with Gasteiger partial charge in [-0.25, -0.2) is 4.79 Å². The highest BCUT2D eigenvalue weighted by Crippen LogP contribution is 2.10. The van der Waals surface area contributed by atoms with Gasteiger partial charge in [-0.15, -0.1) is 0 Å². The molecule has 0 aromatic heterocycles. The molecule has 0 aliphatic carbocycles. The van der Waals surface area contributed by atoms with Gasteiger partial charge >= 0.3 is 5.97 Å². The number of nitrogens with one attached hydrogen (secondary N) is 1. The molecule has 1 aliphatic heterocycles. The number of aliphatic carboxylic acids is 1. The standard InChI is InChI=1S/C8H13NO3/c10-8(11)1-3-9-5-7-2-4-12-6-7/h1,3,7,9H,2,4-6H2,(H,10,11)/b3-1+. The SMILES string of the molecule is O=C(O)/C=C/NCC1CCOC1. The summed E-state index contributed by atoms with van der Waals surface area (Å²) in [6.45, 7) is 2.41. The zero-order valence-corrected chi connectivity index (χ0v) is 6.82. The summed E-state index contributed by atoms with van der Waals surface area (Å²) in [5, 5.41) is 11.2. The van der Waals surface area contributed by atoms with Crippen molar-refractivity contribution in [1.29, 1.82) is 0 Å². The van der Waals surface area contributed by atoms with E-state index in [1.54, 1.807) is 0 Å². The summed E-state index contributed by atoms with van der Waals surface area (Å²) in [6, 6.07) is 0. The fourth-order valence-corrected chi connectivity index (χ4v) is 1.11. The normalized spacial score (nSPS) is 23.2. The van der Waals surface area contributed by atoms with Crippen LogP contribution in [0.4, 0.5) is 0 Å². The maximum Gasteiger partial charge on any atom is 0.329 e. The molecule has 1 unspecified atom stereocenters. The van der Waals surface area contributed by atoms with Gasteiger partial charge in [0.2, 0.25) is 0 Å². The summed E-state index contributed by atoms with van der Waals surface area (Å²) in [7, 11) is 0. The van der Waals surface area contributed by atoms with Crippen LogP contribution in [0.2, 0.25) is 0 Å². The van der Waals surface area contributed by atoms with E-state index in [-0.39, 0.29) is 0 Å². The third kappa shape index (κ3) is 3.39. The zero-order valence-electron chi connectivity index (χ0n) is 6.82. The van der Waals surface area contributed by atoms with Crippen LogP contribution in [-0.4, -0.2) is 30.8 Å². The number of hydrogen-bond acceptors (Lipinski definition) is 3. The van der Waals surface area contributed by atoms with E-state index in [9.17, 15) is 4.79 Å². The van der Waals surface area contributed by atoms with E-state index in [4.69, 9.17) is 9.84 Å². The van der Waals surface area contributed by atoms with Gasteiger partial charge in [0.05, 0.1) is 6.61 Å². The molecule has 68 valence electrons. The van der Waals surface area contributed by atoms with E-state index in [1.165, 1.54) is 6.20 Å². The van der Waals surface area contributed by atoms with E-state index >= 15 is 0 Å². The quantitative estimate of drug-likeness (QED) is 0.594.